The van der Waals surface area contributed by atoms with Gasteiger partial charge in [-0.25, -0.2) is 0 Å². The number of allylic oxidation sites excluding steroid dienone is 2. The predicted molar refractivity (Wildman–Crippen MR) is 61.9 cm³/mol. The highest BCUT2D eigenvalue weighted by Gasteiger charge is 2.22. The largest absolute Gasteiger partial charge is 0.496 e. The van der Waals surface area contributed by atoms with Gasteiger partial charge in [-0.3, -0.25) is 4.79 Å². The molecule has 0 heterocycles. The lowest BCUT2D eigenvalue weighted by molar-refractivity contribution is -0.114. The quantitative estimate of drug-likeness (QED) is 0.763. The number of hydrogen-bond donors (Lipinski definition) is 0. The minimum absolute atomic E-state index is 0.108. The number of fused-ring (bicyclic) bond motifs is 1. The van der Waals surface area contributed by atoms with Gasteiger partial charge in [-0.2, -0.15) is 0 Å². The van der Waals surface area contributed by atoms with Gasteiger partial charge in [0.2, 0.25) is 0 Å². The number of ketones is 1. The van der Waals surface area contributed by atoms with E-state index in [4.69, 9.17) is 9.47 Å². The Balaban J connectivity index is 2.69. The number of methoxy groups -OCH3 is 2. The summed E-state index contributed by atoms with van der Waals surface area (Å²) in [4.78, 5) is 11.5. The van der Waals surface area contributed by atoms with Crippen LogP contribution in [0.15, 0.2) is 18.2 Å². The Morgan fingerprint density at radius 2 is 1.75 bits per heavy atom. The van der Waals surface area contributed by atoms with Crippen molar-refractivity contribution < 1.29 is 14.3 Å². The molecule has 0 unspecified atom stereocenters. The van der Waals surface area contributed by atoms with E-state index in [0.717, 1.165) is 28.2 Å². The third kappa shape index (κ3) is 1.58. The summed E-state index contributed by atoms with van der Waals surface area (Å²) in [5.41, 5.74) is 2.84. The third-order valence-electron chi connectivity index (χ3n) is 2.79. The summed E-state index contributed by atoms with van der Waals surface area (Å²) >= 11 is 0. The van der Waals surface area contributed by atoms with Crippen LogP contribution in [0.1, 0.15) is 18.1 Å². The number of rotatable bonds is 2. The molecular formula is C13H14O3. The second-order valence-electron chi connectivity index (χ2n) is 3.79. The van der Waals surface area contributed by atoms with E-state index < -0.39 is 0 Å². The lowest BCUT2D eigenvalue weighted by Gasteiger charge is -2.20. The van der Waals surface area contributed by atoms with Gasteiger partial charge in [0.15, 0.2) is 5.78 Å². The van der Waals surface area contributed by atoms with Gasteiger partial charge in [-0.05, 0) is 30.7 Å². The molecule has 3 heteroatoms. The average molecular weight is 218 g/mol. The third-order valence-corrected chi connectivity index (χ3v) is 2.79. The first-order chi connectivity index (χ1) is 7.67. The molecule has 1 aliphatic carbocycles. The van der Waals surface area contributed by atoms with Crippen LogP contribution >= 0.6 is 0 Å². The molecule has 84 valence electrons. The van der Waals surface area contributed by atoms with Crippen LogP contribution in [0.25, 0.3) is 5.57 Å². The first kappa shape index (κ1) is 10.7. The molecule has 0 saturated heterocycles. The highest BCUT2D eigenvalue weighted by molar-refractivity contribution is 6.03. The maximum absolute atomic E-state index is 11.5. The van der Waals surface area contributed by atoms with Gasteiger partial charge in [-0.1, -0.05) is 0 Å². The summed E-state index contributed by atoms with van der Waals surface area (Å²) in [6.07, 6.45) is 2.04. The topological polar surface area (TPSA) is 35.5 Å². The fourth-order valence-electron chi connectivity index (χ4n) is 2.12. The summed E-state index contributed by atoms with van der Waals surface area (Å²) < 4.78 is 10.6. The van der Waals surface area contributed by atoms with Crippen molar-refractivity contribution in [2.24, 2.45) is 0 Å². The zero-order chi connectivity index (χ0) is 11.7. The summed E-state index contributed by atoms with van der Waals surface area (Å²) in [5.74, 6) is 1.64. The van der Waals surface area contributed by atoms with Crippen LogP contribution in [0.2, 0.25) is 0 Å². The molecule has 0 fully saturated rings. The molecule has 16 heavy (non-hydrogen) atoms. The Morgan fingerprint density at radius 3 is 2.38 bits per heavy atom. The lowest BCUT2D eigenvalue weighted by Crippen LogP contribution is -2.11. The maximum Gasteiger partial charge on any atom is 0.160 e. The molecule has 0 saturated carbocycles. The molecule has 0 bridgehead atoms. The molecule has 2 rings (SSSR count). The standard InChI is InChI=1S/C13H14O3/c1-8-6-9(14)7-10-11(15-2)4-5-12(16-3)13(8)10/h4-6H,7H2,1-3H3. The van der Waals surface area contributed by atoms with Crippen LogP contribution in [0.4, 0.5) is 0 Å². The normalized spacial score (nSPS) is 14.2. The van der Waals surface area contributed by atoms with Crippen molar-refractivity contribution in [3.63, 3.8) is 0 Å². The number of ether oxygens (including phenoxy) is 2. The molecule has 1 aliphatic rings. The van der Waals surface area contributed by atoms with Crippen LogP contribution in [0, 0.1) is 0 Å². The van der Waals surface area contributed by atoms with Crippen LogP contribution in [0.5, 0.6) is 11.5 Å². The predicted octanol–water partition coefficient (Wildman–Crippen LogP) is 2.23. The van der Waals surface area contributed by atoms with Gasteiger partial charge in [0.25, 0.3) is 0 Å². The molecular weight excluding hydrogens is 204 g/mol. The van der Waals surface area contributed by atoms with Crippen molar-refractivity contribution in [1.29, 1.82) is 0 Å². The van der Waals surface area contributed by atoms with E-state index in [1.807, 2.05) is 19.1 Å². The summed E-state index contributed by atoms with van der Waals surface area (Å²) in [6.45, 7) is 1.91. The Labute approximate surface area is 94.7 Å². The second kappa shape index (κ2) is 4.00. The van der Waals surface area contributed by atoms with Crippen molar-refractivity contribution in [2.75, 3.05) is 14.2 Å². The Hall–Kier alpha value is -1.77. The van der Waals surface area contributed by atoms with E-state index in [2.05, 4.69) is 0 Å². The van der Waals surface area contributed by atoms with Crippen LogP contribution in [0.3, 0.4) is 0 Å². The fraction of sp³-hybridized carbons (Fsp3) is 0.308. The molecule has 0 N–H and O–H groups in total. The van der Waals surface area contributed by atoms with E-state index >= 15 is 0 Å². The Kier molecular flexibility index (Phi) is 2.69. The SMILES string of the molecule is COc1ccc(OC)c2c1CC(=O)C=C2C. The van der Waals surface area contributed by atoms with Gasteiger partial charge in [0, 0.05) is 17.5 Å². The van der Waals surface area contributed by atoms with Gasteiger partial charge < -0.3 is 9.47 Å². The van der Waals surface area contributed by atoms with Crippen LogP contribution in [-0.2, 0) is 11.2 Å². The first-order valence-electron chi connectivity index (χ1n) is 5.12. The highest BCUT2D eigenvalue weighted by atomic mass is 16.5. The van der Waals surface area contributed by atoms with Gasteiger partial charge in [-0.15, -0.1) is 0 Å². The second-order valence-corrected chi connectivity index (χ2v) is 3.79. The molecule has 0 radical (unpaired) electrons. The van der Waals surface area contributed by atoms with Crippen molar-refractivity contribution in [2.45, 2.75) is 13.3 Å². The molecule has 0 spiro atoms. The van der Waals surface area contributed by atoms with E-state index in [0.29, 0.717) is 6.42 Å². The van der Waals surface area contributed by atoms with Gasteiger partial charge in [0.05, 0.1) is 14.2 Å². The summed E-state index contributed by atoms with van der Waals surface area (Å²) in [6, 6.07) is 3.70. The zero-order valence-electron chi connectivity index (χ0n) is 9.66. The number of carbonyl (C=O) groups is 1. The number of carbonyl (C=O) groups excluding carboxylic acids is 1. The number of benzene rings is 1. The van der Waals surface area contributed by atoms with Crippen molar-refractivity contribution in [3.05, 3.63) is 29.3 Å². The first-order valence-corrected chi connectivity index (χ1v) is 5.12. The van der Waals surface area contributed by atoms with E-state index in [9.17, 15) is 4.79 Å². The maximum atomic E-state index is 11.5. The monoisotopic (exact) mass is 218 g/mol. The Morgan fingerprint density at radius 1 is 1.12 bits per heavy atom. The smallest absolute Gasteiger partial charge is 0.160 e. The molecule has 0 aliphatic heterocycles. The lowest BCUT2D eigenvalue weighted by atomic mass is 9.89. The molecule has 3 nitrogen and oxygen atoms in total. The molecule has 0 aromatic heterocycles. The van der Waals surface area contributed by atoms with Crippen LogP contribution in [-0.4, -0.2) is 20.0 Å². The van der Waals surface area contributed by atoms with Crippen LogP contribution < -0.4 is 9.47 Å². The van der Waals surface area contributed by atoms with E-state index in [-0.39, 0.29) is 5.78 Å². The highest BCUT2D eigenvalue weighted by Crippen LogP contribution is 2.38. The van der Waals surface area contributed by atoms with E-state index in [1.165, 1.54) is 0 Å². The fourth-order valence-corrected chi connectivity index (χ4v) is 2.12. The van der Waals surface area contributed by atoms with Gasteiger partial charge >= 0.3 is 0 Å². The minimum atomic E-state index is 0.108. The minimum Gasteiger partial charge on any atom is -0.496 e. The summed E-state index contributed by atoms with van der Waals surface area (Å²) in [7, 11) is 3.24. The van der Waals surface area contributed by atoms with Gasteiger partial charge in [0.1, 0.15) is 11.5 Å². The Bertz CT molecular complexity index is 472. The number of hydrogen-bond acceptors (Lipinski definition) is 3. The van der Waals surface area contributed by atoms with Crippen molar-refractivity contribution in [3.8, 4) is 11.5 Å². The van der Waals surface area contributed by atoms with Crippen molar-refractivity contribution >= 4 is 11.4 Å². The average Bonchev–Trinajstić information content (AvgIpc) is 2.27. The summed E-state index contributed by atoms with van der Waals surface area (Å²) in [5, 5.41) is 0. The molecule has 1 aromatic carbocycles. The van der Waals surface area contributed by atoms with Crippen molar-refractivity contribution in [1.82, 2.24) is 0 Å². The van der Waals surface area contributed by atoms with E-state index in [1.54, 1.807) is 20.3 Å². The molecule has 1 aromatic rings. The molecule has 0 amide bonds. The molecule has 0 atom stereocenters. The zero-order valence-corrected chi connectivity index (χ0v) is 9.66.